The van der Waals surface area contributed by atoms with E-state index in [1.807, 2.05) is 50.2 Å². The average molecular weight is 679 g/mol. The number of hydrogen-bond donors (Lipinski definition) is 2. The van der Waals surface area contributed by atoms with Crippen LogP contribution in [0.2, 0.25) is 0 Å². The zero-order valence-corrected chi connectivity index (χ0v) is 29.3. The van der Waals surface area contributed by atoms with Crippen LogP contribution in [0.3, 0.4) is 0 Å². The van der Waals surface area contributed by atoms with Gasteiger partial charge in [0.1, 0.15) is 22.9 Å². The Bertz CT molecular complexity index is 1700. The van der Waals surface area contributed by atoms with Gasteiger partial charge in [-0.05, 0) is 79.3 Å². The van der Waals surface area contributed by atoms with Gasteiger partial charge in [0, 0.05) is 80.2 Å². The van der Waals surface area contributed by atoms with Gasteiger partial charge in [0.25, 0.3) is 5.91 Å². The Balaban J connectivity index is 1.14. The maximum Gasteiger partial charge on any atom is 0.274 e. The van der Waals surface area contributed by atoms with E-state index in [-0.39, 0.29) is 23.8 Å². The van der Waals surface area contributed by atoms with Crippen LogP contribution in [0, 0.1) is 19.8 Å². The lowest BCUT2D eigenvalue weighted by molar-refractivity contribution is 0.0985. The first-order chi connectivity index (χ1) is 24.3. The van der Waals surface area contributed by atoms with Gasteiger partial charge in [0.05, 0.1) is 20.8 Å². The number of aryl methyl sites for hydroxylation is 1. The number of carbonyl (C=O) groups is 2. The average Bonchev–Trinajstić information content (AvgIpc) is 3.87. The van der Waals surface area contributed by atoms with E-state index < -0.39 is 0 Å². The molecule has 1 amide bonds. The number of ether oxygens (including phenoxy) is 4. The second-order valence-electron chi connectivity index (χ2n) is 13.1. The second kappa shape index (κ2) is 16.4. The fourth-order valence-corrected chi connectivity index (χ4v) is 6.71. The molecule has 2 atom stereocenters. The summed E-state index contributed by atoms with van der Waals surface area (Å²) < 4.78 is 22.2. The third-order valence-corrected chi connectivity index (χ3v) is 9.87. The molecule has 4 heterocycles. The Labute approximate surface area is 293 Å². The third kappa shape index (κ3) is 8.21. The summed E-state index contributed by atoms with van der Waals surface area (Å²) in [5.41, 5.74) is 7.98. The lowest BCUT2D eigenvalue weighted by Crippen LogP contribution is -2.28. The molecule has 0 spiro atoms. The molecule has 2 N–H and O–H groups in total. The Morgan fingerprint density at radius 1 is 0.820 bits per heavy atom. The van der Waals surface area contributed by atoms with Crippen LogP contribution in [0.1, 0.15) is 68.1 Å². The van der Waals surface area contributed by atoms with Crippen LogP contribution in [0.15, 0.2) is 60.9 Å². The molecule has 0 saturated carbocycles. The molecule has 2 saturated heterocycles. The summed E-state index contributed by atoms with van der Waals surface area (Å²) >= 11 is 0. The summed E-state index contributed by atoms with van der Waals surface area (Å²) in [6.07, 6.45) is 7.53. The normalized spacial score (nSPS) is 17.1. The number of ketones is 1. The molecule has 262 valence electrons. The number of methoxy groups -OCH3 is 2. The lowest BCUT2D eigenvalue weighted by Gasteiger charge is -2.17. The van der Waals surface area contributed by atoms with Crippen molar-refractivity contribution < 1.29 is 28.5 Å². The number of anilines is 1. The van der Waals surface area contributed by atoms with E-state index in [4.69, 9.17) is 18.9 Å². The monoisotopic (exact) mass is 678 g/mol. The summed E-state index contributed by atoms with van der Waals surface area (Å²) in [5.74, 6) is 1.44. The van der Waals surface area contributed by atoms with E-state index >= 15 is 0 Å². The van der Waals surface area contributed by atoms with E-state index in [2.05, 4.69) is 20.6 Å². The lowest BCUT2D eigenvalue weighted by atomic mass is 9.91. The molecule has 2 fully saturated rings. The SMILES string of the molecule is COc1cc(C(=O)Nc2cccc(-c3cccc(CC(=O)c4cc(OC)c(CN[C@H]5CCOC5)cn4)c3C)c2C)ncc1CC[C@H]1CCOC1. The van der Waals surface area contributed by atoms with Crippen LogP contribution in [0.25, 0.3) is 11.1 Å². The number of nitrogens with zero attached hydrogens (tertiary/aromatic N) is 2. The van der Waals surface area contributed by atoms with E-state index in [1.165, 1.54) is 0 Å². The van der Waals surface area contributed by atoms with Crippen molar-refractivity contribution in [1.82, 2.24) is 15.3 Å². The molecular formula is C40H46N4O6. The first kappa shape index (κ1) is 35.2. The number of aromatic nitrogens is 2. The molecule has 0 radical (unpaired) electrons. The Hall–Kier alpha value is -4.64. The molecule has 2 aromatic heterocycles. The van der Waals surface area contributed by atoms with E-state index in [9.17, 15) is 9.59 Å². The van der Waals surface area contributed by atoms with E-state index in [1.54, 1.807) is 38.7 Å². The predicted molar refractivity (Wildman–Crippen MR) is 192 cm³/mol. The van der Waals surface area contributed by atoms with Gasteiger partial charge in [-0.3, -0.25) is 19.6 Å². The van der Waals surface area contributed by atoms with Gasteiger partial charge in [0.15, 0.2) is 5.78 Å². The Kier molecular flexibility index (Phi) is 11.5. The van der Waals surface area contributed by atoms with Crippen molar-refractivity contribution in [3.63, 3.8) is 0 Å². The molecule has 10 nitrogen and oxygen atoms in total. The number of benzene rings is 2. The van der Waals surface area contributed by atoms with Gasteiger partial charge in [-0.15, -0.1) is 0 Å². The van der Waals surface area contributed by atoms with Gasteiger partial charge < -0.3 is 29.6 Å². The van der Waals surface area contributed by atoms with Crippen molar-refractivity contribution in [2.45, 2.75) is 58.5 Å². The molecule has 50 heavy (non-hydrogen) atoms. The van der Waals surface area contributed by atoms with Crippen LogP contribution in [0.4, 0.5) is 5.69 Å². The summed E-state index contributed by atoms with van der Waals surface area (Å²) in [6.45, 7) is 7.68. The van der Waals surface area contributed by atoms with Crippen molar-refractivity contribution >= 4 is 17.4 Å². The highest BCUT2D eigenvalue weighted by Gasteiger charge is 2.21. The summed E-state index contributed by atoms with van der Waals surface area (Å²) in [4.78, 5) is 35.9. The number of rotatable bonds is 14. The standard InChI is InChI=1S/C40H46N4O6/c1-25-28(17-37(45)35-18-39(48-4)30(22-42-35)21-41-31-14-16-50-24-31)7-5-8-32(25)33-9-6-10-34(26(33)2)44-40(46)36-19-38(47-3)29(20-43-36)12-11-27-13-15-49-23-27/h5-10,18-20,22,27,31,41H,11-17,21,23-24H2,1-4H3,(H,44,46)/t27-,31-/m0/s1. The zero-order chi connectivity index (χ0) is 35.0. The minimum atomic E-state index is -0.312. The predicted octanol–water partition coefficient (Wildman–Crippen LogP) is 6.30. The highest BCUT2D eigenvalue weighted by Crippen LogP contribution is 2.33. The van der Waals surface area contributed by atoms with Gasteiger partial charge in [-0.25, -0.2) is 0 Å². The van der Waals surface area contributed by atoms with Crippen molar-refractivity contribution in [1.29, 1.82) is 0 Å². The molecule has 2 aliphatic rings. The number of Topliss-reactive ketones (excluding diaryl/α,β-unsaturated/α-hetero) is 1. The molecule has 0 bridgehead atoms. The molecule has 2 aliphatic heterocycles. The van der Waals surface area contributed by atoms with Crippen LogP contribution in [0.5, 0.6) is 11.5 Å². The highest BCUT2D eigenvalue weighted by molar-refractivity contribution is 6.04. The molecule has 0 aliphatic carbocycles. The van der Waals surface area contributed by atoms with Gasteiger partial charge >= 0.3 is 0 Å². The largest absolute Gasteiger partial charge is 0.496 e. The van der Waals surface area contributed by atoms with Crippen LogP contribution < -0.4 is 20.1 Å². The topological polar surface area (TPSA) is 121 Å². The van der Waals surface area contributed by atoms with Crippen LogP contribution in [-0.2, 0) is 28.9 Å². The fraction of sp³-hybridized carbons (Fsp3) is 0.400. The van der Waals surface area contributed by atoms with Crippen molar-refractivity contribution in [2.24, 2.45) is 5.92 Å². The maximum absolute atomic E-state index is 13.5. The zero-order valence-electron chi connectivity index (χ0n) is 29.3. The minimum absolute atomic E-state index is 0.0912. The molecule has 10 heteroatoms. The molecule has 0 unspecified atom stereocenters. The van der Waals surface area contributed by atoms with Gasteiger partial charge in [-0.2, -0.15) is 0 Å². The molecule has 6 rings (SSSR count). The third-order valence-electron chi connectivity index (χ3n) is 9.87. The second-order valence-corrected chi connectivity index (χ2v) is 13.1. The quantitative estimate of drug-likeness (QED) is 0.148. The number of carbonyl (C=O) groups excluding carboxylic acids is 2. The van der Waals surface area contributed by atoms with Gasteiger partial charge in [0.2, 0.25) is 0 Å². The molecular weight excluding hydrogens is 632 g/mol. The minimum Gasteiger partial charge on any atom is -0.496 e. The van der Waals surface area contributed by atoms with E-state index in [0.29, 0.717) is 48.0 Å². The smallest absolute Gasteiger partial charge is 0.274 e. The van der Waals surface area contributed by atoms with Crippen molar-refractivity contribution in [3.05, 3.63) is 100 Å². The van der Waals surface area contributed by atoms with Crippen LogP contribution >= 0.6 is 0 Å². The first-order valence-electron chi connectivity index (χ1n) is 17.3. The van der Waals surface area contributed by atoms with Crippen molar-refractivity contribution in [2.75, 3.05) is 46.0 Å². The number of pyridine rings is 2. The number of hydrogen-bond acceptors (Lipinski definition) is 9. The highest BCUT2D eigenvalue weighted by atomic mass is 16.5. The number of amides is 1. The fourth-order valence-electron chi connectivity index (χ4n) is 6.71. The van der Waals surface area contributed by atoms with E-state index in [0.717, 1.165) is 84.4 Å². The number of nitrogens with one attached hydrogen (secondary N) is 2. The maximum atomic E-state index is 13.5. The summed E-state index contributed by atoms with van der Waals surface area (Å²) in [5, 5.41) is 6.53. The Morgan fingerprint density at radius 3 is 2.24 bits per heavy atom. The summed E-state index contributed by atoms with van der Waals surface area (Å²) in [7, 11) is 3.23. The first-order valence-corrected chi connectivity index (χ1v) is 17.3. The summed E-state index contributed by atoms with van der Waals surface area (Å²) in [6, 6.07) is 15.6. The van der Waals surface area contributed by atoms with Gasteiger partial charge in [-0.1, -0.05) is 30.3 Å². The van der Waals surface area contributed by atoms with Crippen molar-refractivity contribution in [3.8, 4) is 22.6 Å². The molecule has 2 aromatic carbocycles. The molecule has 4 aromatic rings. The van der Waals surface area contributed by atoms with Crippen LogP contribution in [-0.4, -0.2) is 68.3 Å². The Morgan fingerprint density at radius 2 is 1.50 bits per heavy atom.